The highest BCUT2D eigenvalue weighted by molar-refractivity contribution is 9.10. The van der Waals surface area contributed by atoms with Crippen LogP contribution in [0.4, 0.5) is 11.4 Å². The Hall–Kier alpha value is -3.23. The molecule has 8 heteroatoms. The van der Waals surface area contributed by atoms with Gasteiger partial charge in [-0.15, -0.1) is 0 Å². The Kier molecular flexibility index (Phi) is 10.5. The van der Waals surface area contributed by atoms with E-state index >= 15 is 0 Å². The predicted octanol–water partition coefficient (Wildman–Crippen LogP) is 7.10. The molecule has 3 rings (SSSR count). The van der Waals surface area contributed by atoms with Gasteiger partial charge in [-0.1, -0.05) is 44.4 Å². The van der Waals surface area contributed by atoms with E-state index in [-0.39, 0.29) is 16.9 Å². The van der Waals surface area contributed by atoms with Gasteiger partial charge in [-0.05, 0) is 95.6 Å². The molecule has 0 saturated carbocycles. The van der Waals surface area contributed by atoms with Gasteiger partial charge in [-0.3, -0.25) is 14.9 Å². The number of hydrogen-bond acceptors (Lipinski definition) is 4. The second-order valence-electron chi connectivity index (χ2n) is 8.31. The molecule has 36 heavy (non-hydrogen) atoms. The zero-order valence-electron chi connectivity index (χ0n) is 20.4. The molecule has 6 nitrogen and oxygen atoms in total. The summed E-state index contributed by atoms with van der Waals surface area (Å²) in [5.41, 5.74) is 3.29. The van der Waals surface area contributed by atoms with Crippen molar-refractivity contribution in [1.82, 2.24) is 5.32 Å². The molecule has 0 radical (unpaired) electrons. The van der Waals surface area contributed by atoms with Crippen molar-refractivity contribution in [2.75, 3.05) is 17.2 Å². The van der Waals surface area contributed by atoms with Crippen LogP contribution in [0.5, 0.6) is 5.75 Å². The molecular formula is C28H30BrN3O3S. The SMILES string of the molecule is CCCCCCOc1ccc(C(=O)NC(=S)Nc2ccc(NC(=O)c3ccccc3)c(C)c2)cc1Br. The Balaban J connectivity index is 1.53. The largest absolute Gasteiger partial charge is 0.492 e. The summed E-state index contributed by atoms with van der Waals surface area (Å²) in [5, 5.41) is 8.79. The minimum absolute atomic E-state index is 0.174. The Morgan fingerprint density at radius 2 is 1.67 bits per heavy atom. The van der Waals surface area contributed by atoms with Crippen molar-refractivity contribution in [1.29, 1.82) is 0 Å². The Morgan fingerprint density at radius 3 is 2.36 bits per heavy atom. The predicted molar refractivity (Wildman–Crippen MR) is 153 cm³/mol. The maximum Gasteiger partial charge on any atom is 0.257 e. The van der Waals surface area contributed by atoms with Gasteiger partial charge in [0.05, 0.1) is 11.1 Å². The molecule has 0 heterocycles. The number of carbonyl (C=O) groups is 2. The maximum atomic E-state index is 12.7. The first-order valence-corrected chi connectivity index (χ1v) is 13.1. The van der Waals surface area contributed by atoms with Crippen molar-refractivity contribution >= 4 is 56.4 Å². The maximum absolute atomic E-state index is 12.7. The number of nitrogens with one attached hydrogen (secondary N) is 3. The Labute approximate surface area is 226 Å². The molecule has 0 saturated heterocycles. The number of carbonyl (C=O) groups excluding carboxylic acids is 2. The second kappa shape index (κ2) is 13.8. The van der Waals surface area contributed by atoms with E-state index in [1.54, 1.807) is 42.5 Å². The highest BCUT2D eigenvalue weighted by Gasteiger charge is 2.12. The van der Waals surface area contributed by atoms with Crippen molar-refractivity contribution in [3.8, 4) is 5.75 Å². The number of anilines is 2. The van der Waals surface area contributed by atoms with Crippen LogP contribution in [0.25, 0.3) is 0 Å². The summed E-state index contributed by atoms with van der Waals surface area (Å²) in [6, 6.07) is 19.7. The van der Waals surface area contributed by atoms with Crippen molar-refractivity contribution in [3.05, 3.63) is 87.9 Å². The van der Waals surface area contributed by atoms with Gasteiger partial charge in [0.15, 0.2) is 5.11 Å². The van der Waals surface area contributed by atoms with Crippen molar-refractivity contribution < 1.29 is 14.3 Å². The number of ether oxygens (including phenoxy) is 1. The first-order valence-electron chi connectivity index (χ1n) is 11.9. The molecule has 0 unspecified atom stereocenters. The highest BCUT2D eigenvalue weighted by Crippen LogP contribution is 2.26. The molecule has 3 aromatic rings. The average Bonchev–Trinajstić information content (AvgIpc) is 2.86. The first kappa shape index (κ1) is 27.4. The first-order chi connectivity index (χ1) is 17.4. The molecule has 3 N–H and O–H groups in total. The van der Waals surface area contributed by atoms with E-state index in [1.165, 1.54) is 12.8 Å². The molecule has 0 aromatic heterocycles. The fourth-order valence-corrected chi connectivity index (χ4v) is 4.18. The molecule has 0 aliphatic rings. The van der Waals surface area contributed by atoms with Gasteiger partial charge >= 0.3 is 0 Å². The van der Waals surface area contributed by atoms with E-state index in [2.05, 4.69) is 38.8 Å². The van der Waals surface area contributed by atoms with E-state index in [9.17, 15) is 9.59 Å². The minimum Gasteiger partial charge on any atom is -0.492 e. The standard InChI is InChI=1S/C28H30BrN3O3S/c1-3-4-5-9-16-35-25-15-12-21(18-23(25)29)27(34)32-28(36)30-22-13-14-24(19(2)17-22)31-26(33)20-10-7-6-8-11-20/h6-8,10-15,17-18H,3-5,9,16H2,1-2H3,(H,31,33)(H2,30,32,34,36). The molecule has 0 aliphatic carbocycles. The average molecular weight is 569 g/mol. The van der Waals surface area contributed by atoms with E-state index in [0.717, 1.165) is 18.4 Å². The monoisotopic (exact) mass is 567 g/mol. The topological polar surface area (TPSA) is 79.5 Å². The number of hydrogen-bond donors (Lipinski definition) is 3. The molecule has 0 bridgehead atoms. The summed E-state index contributed by atoms with van der Waals surface area (Å²) >= 11 is 8.81. The van der Waals surface area contributed by atoms with Gasteiger partial charge in [0, 0.05) is 22.5 Å². The molecule has 3 aromatic carbocycles. The molecule has 2 amide bonds. The van der Waals surface area contributed by atoms with Gasteiger partial charge < -0.3 is 15.4 Å². The third-order valence-electron chi connectivity index (χ3n) is 5.45. The molecule has 188 valence electrons. The fourth-order valence-electron chi connectivity index (χ4n) is 3.47. The van der Waals surface area contributed by atoms with Crippen LogP contribution in [0.2, 0.25) is 0 Å². The van der Waals surface area contributed by atoms with Crippen LogP contribution in [0.15, 0.2) is 71.2 Å². The third-order valence-corrected chi connectivity index (χ3v) is 6.27. The van der Waals surface area contributed by atoms with Crippen LogP contribution in [-0.4, -0.2) is 23.5 Å². The summed E-state index contributed by atoms with van der Waals surface area (Å²) in [4.78, 5) is 25.1. The lowest BCUT2D eigenvalue weighted by Crippen LogP contribution is -2.34. The fraction of sp³-hybridized carbons (Fsp3) is 0.250. The van der Waals surface area contributed by atoms with Gasteiger partial charge in [0.1, 0.15) is 5.75 Å². The molecule has 0 spiro atoms. The van der Waals surface area contributed by atoms with Crippen LogP contribution >= 0.6 is 28.1 Å². The van der Waals surface area contributed by atoms with Crippen LogP contribution in [0.3, 0.4) is 0 Å². The number of thiocarbonyl (C=S) groups is 1. The lowest BCUT2D eigenvalue weighted by molar-refractivity contribution is 0.0976. The molecule has 0 aliphatic heterocycles. The van der Waals surface area contributed by atoms with Crippen molar-refractivity contribution in [2.45, 2.75) is 39.5 Å². The van der Waals surface area contributed by atoms with Crippen LogP contribution in [0, 0.1) is 6.92 Å². The van der Waals surface area contributed by atoms with E-state index < -0.39 is 0 Å². The van der Waals surface area contributed by atoms with Crippen LogP contribution in [-0.2, 0) is 0 Å². The summed E-state index contributed by atoms with van der Waals surface area (Å²) in [6.45, 7) is 4.71. The number of aryl methyl sites for hydroxylation is 1. The number of unbranched alkanes of at least 4 members (excludes halogenated alkanes) is 3. The number of halogens is 1. The highest BCUT2D eigenvalue weighted by atomic mass is 79.9. The minimum atomic E-state index is -0.328. The lowest BCUT2D eigenvalue weighted by Gasteiger charge is -2.13. The van der Waals surface area contributed by atoms with Gasteiger partial charge in [0.25, 0.3) is 11.8 Å². The molecule has 0 atom stereocenters. The number of rotatable bonds is 10. The summed E-state index contributed by atoms with van der Waals surface area (Å²) in [6.07, 6.45) is 4.53. The smallest absolute Gasteiger partial charge is 0.257 e. The van der Waals surface area contributed by atoms with Crippen LogP contribution < -0.4 is 20.7 Å². The number of benzene rings is 3. The zero-order chi connectivity index (χ0) is 25.9. The normalized spacial score (nSPS) is 10.4. The van der Waals surface area contributed by atoms with E-state index in [1.807, 2.05) is 31.2 Å². The summed E-state index contributed by atoms with van der Waals surface area (Å²) in [7, 11) is 0. The Bertz CT molecular complexity index is 1220. The van der Waals surface area contributed by atoms with E-state index in [4.69, 9.17) is 17.0 Å². The second-order valence-corrected chi connectivity index (χ2v) is 9.58. The third kappa shape index (κ3) is 8.17. The zero-order valence-corrected chi connectivity index (χ0v) is 22.8. The van der Waals surface area contributed by atoms with Crippen LogP contribution in [0.1, 0.15) is 58.9 Å². The summed E-state index contributed by atoms with van der Waals surface area (Å²) in [5.74, 6) is 0.200. The van der Waals surface area contributed by atoms with Gasteiger partial charge in [0.2, 0.25) is 0 Å². The lowest BCUT2D eigenvalue weighted by atomic mass is 10.1. The van der Waals surface area contributed by atoms with Gasteiger partial charge in [-0.2, -0.15) is 0 Å². The van der Waals surface area contributed by atoms with Crippen molar-refractivity contribution in [3.63, 3.8) is 0 Å². The molecule has 0 fully saturated rings. The summed E-state index contributed by atoms with van der Waals surface area (Å²) < 4.78 is 6.52. The number of amides is 2. The van der Waals surface area contributed by atoms with Crippen molar-refractivity contribution in [2.24, 2.45) is 0 Å². The van der Waals surface area contributed by atoms with E-state index in [0.29, 0.717) is 39.3 Å². The Morgan fingerprint density at radius 1 is 0.889 bits per heavy atom. The molecular weight excluding hydrogens is 538 g/mol. The quantitative estimate of drug-likeness (QED) is 0.180. The van der Waals surface area contributed by atoms with Gasteiger partial charge in [-0.25, -0.2) is 0 Å².